The third-order valence-electron chi connectivity index (χ3n) is 1.88. The second kappa shape index (κ2) is 3.63. The summed E-state index contributed by atoms with van der Waals surface area (Å²) in [7, 11) is 0. The van der Waals surface area contributed by atoms with Crippen LogP contribution in [0, 0.1) is 13.1 Å². The van der Waals surface area contributed by atoms with Crippen molar-refractivity contribution < 1.29 is 13.2 Å². The van der Waals surface area contributed by atoms with Crippen LogP contribution in [0.1, 0.15) is 31.0 Å². The number of hydrogen-bond acceptors (Lipinski definition) is 1. The van der Waals surface area contributed by atoms with Gasteiger partial charge in [0.25, 0.3) is 0 Å². The third kappa shape index (κ3) is 2.49. The Kier molecular flexibility index (Phi) is 2.87. The van der Waals surface area contributed by atoms with E-state index in [0.717, 1.165) is 4.68 Å². The number of aryl methyl sites for hydroxylation is 1. The summed E-state index contributed by atoms with van der Waals surface area (Å²) in [6.45, 7) is 4.36. The van der Waals surface area contributed by atoms with E-state index in [2.05, 4.69) is 11.3 Å². The first kappa shape index (κ1) is 11.1. The van der Waals surface area contributed by atoms with Crippen LogP contribution < -0.4 is 0 Å². The predicted molar refractivity (Wildman–Crippen MR) is 45.9 cm³/mol. The van der Waals surface area contributed by atoms with E-state index in [1.807, 2.05) is 13.8 Å². The highest BCUT2D eigenvalue weighted by atomic mass is 19.4. The minimum atomic E-state index is -4.23. The average molecular weight is 205 g/mol. The van der Waals surface area contributed by atoms with E-state index in [4.69, 9.17) is 0 Å². The molecule has 1 rings (SSSR count). The first-order valence-corrected chi connectivity index (χ1v) is 4.33. The van der Waals surface area contributed by atoms with Gasteiger partial charge < -0.3 is 0 Å². The monoisotopic (exact) mass is 205 g/mol. The standard InChI is InChI=1S/C9H12F3N2/c1-6(2)8-7(3)4-13-14(8)5-9(10,11)12/h6H,5H2,1-3H3. The summed E-state index contributed by atoms with van der Waals surface area (Å²) >= 11 is 0. The molecule has 0 unspecified atom stereocenters. The molecule has 1 heterocycles. The van der Waals surface area contributed by atoms with Crippen molar-refractivity contribution in [2.75, 3.05) is 0 Å². The van der Waals surface area contributed by atoms with Crippen LogP contribution in [0.3, 0.4) is 0 Å². The van der Waals surface area contributed by atoms with Crippen LogP contribution in [0.4, 0.5) is 13.2 Å². The normalized spacial score (nSPS) is 12.5. The lowest BCUT2D eigenvalue weighted by Crippen LogP contribution is -2.21. The molecule has 0 aliphatic carbocycles. The van der Waals surface area contributed by atoms with Gasteiger partial charge in [0.15, 0.2) is 0 Å². The zero-order valence-electron chi connectivity index (χ0n) is 8.31. The van der Waals surface area contributed by atoms with Crippen LogP contribution in [0.5, 0.6) is 0 Å². The summed E-state index contributed by atoms with van der Waals surface area (Å²) in [4.78, 5) is 0. The molecule has 0 aromatic carbocycles. The van der Waals surface area contributed by atoms with Gasteiger partial charge in [-0.05, 0) is 12.8 Å². The third-order valence-corrected chi connectivity index (χ3v) is 1.88. The molecule has 0 saturated carbocycles. The molecule has 79 valence electrons. The second-order valence-corrected chi connectivity index (χ2v) is 3.55. The summed E-state index contributed by atoms with van der Waals surface area (Å²) < 4.78 is 37.3. The van der Waals surface area contributed by atoms with Gasteiger partial charge in [-0.15, -0.1) is 0 Å². The Balaban J connectivity index is 2.98. The van der Waals surface area contributed by atoms with Gasteiger partial charge in [0.2, 0.25) is 0 Å². The quantitative estimate of drug-likeness (QED) is 0.725. The molecule has 0 saturated heterocycles. The van der Waals surface area contributed by atoms with Gasteiger partial charge in [-0.1, -0.05) is 13.8 Å². The molecule has 1 aromatic heterocycles. The van der Waals surface area contributed by atoms with Crippen molar-refractivity contribution in [1.82, 2.24) is 9.78 Å². The van der Waals surface area contributed by atoms with Gasteiger partial charge in [-0.3, -0.25) is 4.68 Å². The number of rotatable bonds is 2. The zero-order chi connectivity index (χ0) is 10.9. The van der Waals surface area contributed by atoms with Crippen LogP contribution in [-0.4, -0.2) is 16.0 Å². The summed E-state index contributed by atoms with van der Waals surface area (Å²) in [5.74, 6) is 0.0242. The largest absolute Gasteiger partial charge is 0.408 e. The smallest absolute Gasteiger partial charge is 0.259 e. The highest BCUT2D eigenvalue weighted by Gasteiger charge is 2.30. The summed E-state index contributed by atoms with van der Waals surface area (Å²) in [5.41, 5.74) is 1.28. The van der Waals surface area contributed by atoms with Gasteiger partial charge in [0.05, 0.1) is 0 Å². The van der Waals surface area contributed by atoms with Gasteiger partial charge >= 0.3 is 6.18 Å². The van der Waals surface area contributed by atoms with E-state index in [-0.39, 0.29) is 5.92 Å². The summed E-state index contributed by atoms with van der Waals surface area (Å²) in [6.07, 6.45) is -1.67. The Bertz CT molecular complexity index is 312. The molecule has 0 bridgehead atoms. The molecule has 5 heteroatoms. The Morgan fingerprint density at radius 3 is 2.43 bits per heavy atom. The van der Waals surface area contributed by atoms with Crippen LogP contribution in [-0.2, 0) is 6.54 Å². The highest BCUT2D eigenvalue weighted by Crippen LogP contribution is 2.23. The number of hydrogen-bond donors (Lipinski definition) is 0. The van der Waals surface area contributed by atoms with E-state index in [9.17, 15) is 13.2 Å². The maximum absolute atomic E-state index is 12.1. The molecule has 2 nitrogen and oxygen atoms in total. The van der Waals surface area contributed by atoms with Crippen LogP contribution in [0.15, 0.2) is 0 Å². The van der Waals surface area contributed by atoms with Crippen molar-refractivity contribution in [3.63, 3.8) is 0 Å². The number of alkyl halides is 3. The van der Waals surface area contributed by atoms with Crippen molar-refractivity contribution in [3.05, 3.63) is 17.5 Å². The average Bonchev–Trinajstić information content (AvgIpc) is 2.27. The Hall–Kier alpha value is -1.00. The topological polar surface area (TPSA) is 17.8 Å². The molecule has 0 atom stereocenters. The molecule has 14 heavy (non-hydrogen) atoms. The lowest BCUT2D eigenvalue weighted by atomic mass is 10.1. The molecule has 0 aliphatic heterocycles. The lowest BCUT2D eigenvalue weighted by Gasteiger charge is -2.13. The Morgan fingerprint density at radius 2 is 2.00 bits per heavy atom. The van der Waals surface area contributed by atoms with Crippen molar-refractivity contribution >= 4 is 0 Å². The maximum Gasteiger partial charge on any atom is 0.408 e. The number of halogens is 3. The molecular formula is C9H12F3N2. The van der Waals surface area contributed by atoms with E-state index < -0.39 is 12.7 Å². The minimum Gasteiger partial charge on any atom is -0.259 e. The number of aromatic nitrogens is 2. The lowest BCUT2D eigenvalue weighted by molar-refractivity contribution is -0.143. The highest BCUT2D eigenvalue weighted by molar-refractivity contribution is 5.17. The second-order valence-electron chi connectivity index (χ2n) is 3.55. The molecule has 1 aromatic rings. The minimum absolute atomic E-state index is 0.0242. The molecule has 0 amide bonds. The van der Waals surface area contributed by atoms with Crippen molar-refractivity contribution in [2.24, 2.45) is 0 Å². The Morgan fingerprint density at radius 1 is 1.43 bits per heavy atom. The van der Waals surface area contributed by atoms with E-state index >= 15 is 0 Å². The van der Waals surface area contributed by atoms with Crippen molar-refractivity contribution in [1.29, 1.82) is 0 Å². The molecular weight excluding hydrogens is 193 g/mol. The zero-order valence-corrected chi connectivity index (χ0v) is 8.31. The molecule has 1 radical (unpaired) electrons. The predicted octanol–water partition coefficient (Wildman–Crippen LogP) is 2.68. The Labute approximate surface area is 80.7 Å². The maximum atomic E-state index is 12.1. The van der Waals surface area contributed by atoms with Gasteiger partial charge in [0.1, 0.15) is 12.7 Å². The first-order valence-electron chi connectivity index (χ1n) is 4.33. The van der Waals surface area contributed by atoms with Crippen molar-refractivity contribution in [2.45, 2.75) is 39.4 Å². The van der Waals surface area contributed by atoms with Gasteiger partial charge in [-0.25, -0.2) is 0 Å². The van der Waals surface area contributed by atoms with Crippen molar-refractivity contribution in [3.8, 4) is 0 Å². The van der Waals surface area contributed by atoms with Gasteiger partial charge in [0, 0.05) is 11.3 Å². The fraction of sp³-hybridized carbons (Fsp3) is 0.667. The van der Waals surface area contributed by atoms with Crippen LogP contribution in [0.25, 0.3) is 0 Å². The fourth-order valence-electron chi connectivity index (χ4n) is 1.46. The van der Waals surface area contributed by atoms with Crippen LogP contribution >= 0.6 is 0 Å². The summed E-state index contributed by atoms with van der Waals surface area (Å²) in [5, 5.41) is 3.59. The number of nitrogens with zero attached hydrogens (tertiary/aromatic N) is 2. The molecule has 0 fully saturated rings. The van der Waals surface area contributed by atoms with Crippen LogP contribution in [0.2, 0.25) is 0 Å². The van der Waals surface area contributed by atoms with E-state index in [1.165, 1.54) is 0 Å². The summed E-state index contributed by atoms with van der Waals surface area (Å²) in [6, 6.07) is 0. The first-order chi connectivity index (χ1) is 6.31. The van der Waals surface area contributed by atoms with Gasteiger partial charge in [-0.2, -0.15) is 18.3 Å². The van der Waals surface area contributed by atoms with E-state index in [1.54, 1.807) is 6.92 Å². The SMILES string of the molecule is Cc1[c]nn(CC(F)(F)F)c1C(C)C. The van der Waals surface area contributed by atoms with E-state index in [0.29, 0.717) is 11.3 Å². The molecule has 0 spiro atoms. The molecule has 0 N–H and O–H groups in total. The fourth-order valence-corrected chi connectivity index (χ4v) is 1.46. The molecule has 0 aliphatic rings.